The van der Waals surface area contributed by atoms with Gasteiger partial charge in [-0.1, -0.05) is 11.6 Å². The molecule has 0 bridgehead atoms. The smallest absolute Gasteiger partial charge is 0.271 e. The van der Waals surface area contributed by atoms with Gasteiger partial charge in [-0.05, 0) is 18.9 Å². The average Bonchev–Trinajstić information content (AvgIpc) is 2.42. The average molecular weight is 287 g/mol. The van der Waals surface area contributed by atoms with Crippen molar-refractivity contribution in [2.75, 3.05) is 25.1 Å². The lowest BCUT2D eigenvalue weighted by Gasteiger charge is -2.37. The zero-order valence-corrected chi connectivity index (χ0v) is 11.0. The number of halogens is 1. The number of aliphatic hydroxyl groups excluding tert-OH is 1. The van der Waals surface area contributed by atoms with Gasteiger partial charge in [0.05, 0.1) is 27.8 Å². The maximum atomic E-state index is 10.6. The second-order valence-corrected chi connectivity index (χ2v) is 5.00. The molecule has 1 aromatic carbocycles. The van der Waals surface area contributed by atoms with Gasteiger partial charge >= 0.3 is 0 Å². The van der Waals surface area contributed by atoms with Crippen molar-refractivity contribution in [1.82, 2.24) is 0 Å². The van der Waals surface area contributed by atoms with Gasteiger partial charge in [0.1, 0.15) is 0 Å². The molecular formula is C12H15ClN2O4. The molecular weight excluding hydrogens is 272 g/mol. The number of benzene rings is 1. The summed E-state index contributed by atoms with van der Waals surface area (Å²) in [6.45, 7) is 1.10. The van der Waals surface area contributed by atoms with Crippen LogP contribution in [-0.2, 0) is 4.74 Å². The van der Waals surface area contributed by atoms with Crippen LogP contribution in [0.5, 0.6) is 0 Å². The van der Waals surface area contributed by atoms with Gasteiger partial charge in [-0.3, -0.25) is 10.1 Å². The fraction of sp³-hybridized carbons (Fsp3) is 0.500. The van der Waals surface area contributed by atoms with Gasteiger partial charge in [0.25, 0.3) is 5.69 Å². The molecule has 0 unspecified atom stereocenters. The predicted octanol–water partition coefficient (Wildman–Crippen LogP) is 2.20. The van der Waals surface area contributed by atoms with Crippen molar-refractivity contribution < 1.29 is 14.8 Å². The predicted molar refractivity (Wildman–Crippen MR) is 71.6 cm³/mol. The molecule has 0 atom stereocenters. The Morgan fingerprint density at radius 1 is 1.47 bits per heavy atom. The van der Waals surface area contributed by atoms with Crippen LogP contribution in [0.25, 0.3) is 0 Å². The molecule has 0 aromatic heterocycles. The van der Waals surface area contributed by atoms with Gasteiger partial charge in [-0.2, -0.15) is 0 Å². The van der Waals surface area contributed by atoms with E-state index >= 15 is 0 Å². The van der Waals surface area contributed by atoms with Gasteiger partial charge in [0.15, 0.2) is 0 Å². The summed E-state index contributed by atoms with van der Waals surface area (Å²) in [5.74, 6) is 0. The molecule has 1 aliphatic heterocycles. The highest BCUT2D eigenvalue weighted by Gasteiger charge is 2.32. The SMILES string of the molecule is O=[N+]([O-])c1ccc(NC2(CO)CCOCC2)c(Cl)c1. The molecule has 7 heteroatoms. The lowest BCUT2D eigenvalue weighted by atomic mass is 9.90. The highest BCUT2D eigenvalue weighted by atomic mass is 35.5. The lowest BCUT2D eigenvalue weighted by molar-refractivity contribution is -0.384. The molecule has 104 valence electrons. The molecule has 0 spiro atoms. The molecule has 1 aromatic rings. The molecule has 0 aliphatic carbocycles. The fourth-order valence-electron chi connectivity index (χ4n) is 2.09. The zero-order valence-electron chi connectivity index (χ0n) is 10.3. The van der Waals surface area contributed by atoms with Crippen molar-refractivity contribution in [3.8, 4) is 0 Å². The molecule has 1 aliphatic rings. The Bertz CT molecular complexity index is 475. The molecule has 19 heavy (non-hydrogen) atoms. The van der Waals surface area contributed by atoms with Crippen molar-refractivity contribution in [3.63, 3.8) is 0 Å². The number of nitrogens with zero attached hydrogens (tertiary/aromatic N) is 1. The molecule has 1 heterocycles. The quantitative estimate of drug-likeness (QED) is 0.655. The maximum absolute atomic E-state index is 10.6. The van der Waals surface area contributed by atoms with Crippen molar-refractivity contribution in [3.05, 3.63) is 33.3 Å². The van der Waals surface area contributed by atoms with Crippen LogP contribution < -0.4 is 5.32 Å². The molecule has 6 nitrogen and oxygen atoms in total. The van der Waals surface area contributed by atoms with E-state index in [1.165, 1.54) is 12.1 Å². The van der Waals surface area contributed by atoms with E-state index < -0.39 is 10.5 Å². The zero-order chi connectivity index (χ0) is 13.9. The highest BCUT2D eigenvalue weighted by molar-refractivity contribution is 6.33. The minimum absolute atomic E-state index is 0.0380. The Hall–Kier alpha value is -1.37. The molecule has 0 saturated carbocycles. The number of nitrogens with one attached hydrogen (secondary N) is 1. The van der Waals surface area contributed by atoms with Gasteiger partial charge in [-0.15, -0.1) is 0 Å². The van der Waals surface area contributed by atoms with Crippen LogP contribution in [0, 0.1) is 10.1 Å². The molecule has 0 radical (unpaired) electrons. The Kier molecular flexibility index (Phi) is 4.24. The van der Waals surface area contributed by atoms with Crippen LogP contribution in [0.3, 0.4) is 0 Å². The van der Waals surface area contributed by atoms with Crippen molar-refractivity contribution in [1.29, 1.82) is 0 Å². The van der Waals surface area contributed by atoms with Crippen molar-refractivity contribution in [2.45, 2.75) is 18.4 Å². The first-order chi connectivity index (χ1) is 9.06. The summed E-state index contributed by atoms with van der Waals surface area (Å²) in [6, 6.07) is 4.25. The molecule has 2 rings (SSSR count). The molecule has 2 N–H and O–H groups in total. The summed E-state index contributed by atoms with van der Waals surface area (Å²) < 4.78 is 5.27. The summed E-state index contributed by atoms with van der Waals surface area (Å²) in [6.07, 6.45) is 1.33. The van der Waals surface area contributed by atoms with E-state index in [1.807, 2.05) is 0 Å². The van der Waals surface area contributed by atoms with Gasteiger partial charge in [0.2, 0.25) is 0 Å². The second kappa shape index (κ2) is 5.73. The van der Waals surface area contributed by atoms with Crippen LogP contribution in [0.15, 0.2) is 18.2 Å². The minimum atomic E-state index is -0.494. The third-order valence-corrected chi connectivity index (χ3v) is 3.63. The summed E-state index contributed by atoms with van der Waals surface area (Å²) in [7, 11) is 0. The van der Waals surface area contributed by atoms with Crippen LogP contribution in [0.2, 0.25) is 5.02 Å². The number of anilines is 1. The lowest BCUT2D eigenvalue weighted by Crippen LogP contribution is -2.46. The van der Waals surface area contributed by atoms with Crippen LogP contribution >= 0.6 is 11.6 Å². The van der Waals surface area contributed by atoms with Gasteiger partial charge in [-0.25, -0.2) is 0 Å². The summed E-state index contributed by atoms with van der Waals surface area (Å²) >= 11 is 6.03. The number of hydrogen-bond donors (Lipinski definition) is 2. The molecule has 1 fully saturated rings. The first-order valence-corrected chi connectivity index (χ1v) is 6.35. The standard InChI is InChI=1S/C12H15ClN2O4/c13-10-7-9(15(17)18)1-2-11(10)14-12(8-16)3-5-19-6-4-12/h1-2,7,14,16H,3-6,8H2. The molecule has 0 amide bonds. The minimum Gasteiger partial charge on any atom is -0.394 e. The topological polar surface area (TPSA) is 84.6 Å². The molecule has 1 saturated heterocycles. The Balaban J connectivity index is 2.20. The van der Waals surface area contributed by atoms with Crippen molar-refractivity contribution in [2.24, 2.45) is 0 Å². The third kappa shape index (κ3) is 3.15. The monoisotopic (exact) mass is 286 g/mol. The summed E-state index contributed by atoms with van der Waals surface area (Å²) in [4.78, 5) is 10.1. The number of hydrogen-bond acceptors (Lipinski definition) is 5. The van der Waals surface area contributed by atoms with Crippen LogP contribution in [-0.4, -0.2) is 35.4 Å². The van der Waals surface area contributed by atoms with E-state index in [0.717, 1.165) is 0 Å². The van der Waals surface area contributed by atoms with Crippen LogP contribution in [0.4, 0.5) is 11.4 Å². The normalized spacial score (nSPS) is 18.0. The van der Waals surface area contributed by atoms with E-state index in [0.29, 0.717) is 31.7 Å². The largest absolute Gasteiger partial charge is 0.394 e. The number of nitro groups is 1. The number of rotatable bonds is 4. The Morgan fingerprint density at radius 2 is 2.16 bits per heavy atom. The van der Waals surface area contributed by atoms with Gasteiger partial charge < -0.3 is 15.2 Å². The van der Waals surface area contributed by atoms with E-state index in [1.54, 1.807) is 6.07 Å². The van der Waals surface area contributed by atoms with Gasteiger partial charge in [0, 0.05) is 25.3 Å². The second-order valence-electron chi connectivity index (χ2n) is 4.60. The highest BCUT2D eigenvalue weighted by Crippen LogP contribution is 2.32. The fourth-order valence-corrected chi connectivity index (χ4v) is 2.31. The van der Waals surface area contributed by atoms with E-state index in [2.05, 4.69) is 5.32 Å². The van der Waals surface area contributed by atoms with E-state index in [-0.39, 0.29) is 17.3 Å². The van der Waals surface area contributed by atoms with E-state index in [4.69, 9.17) is 16.3 Å². The first-order valence-electron chi connectivity index (χ1n) is 5.97. The Morgan fingerprint density at radius 3 is 2.68 bits per heavy atom. The maximum Gasteiger partial charge on any atom is 0.271 e. The number of non-ortho nitro benzene ring substituents is 1. The summed E-state index contributed by atoms with van der Waals surface area (Å²) in [5, 5.41) is 23.7. The first kappa shape index (κ1) is 14.0. The van der Waals surface area contributed by atoms with E-state index in [9.17, 15) is 15.2 Å². The number of ether oxygens (including phenoxy) is 1. The number of nitro benzene ring substituents is 1. The number of aliphatic hydroxyl groups is 1. The van der Waals surface area contributed by atoms with Crippen molar-refractivity contribution >= 4 is 23.0 Å². The summed E-state index contributed by atoms with van der Waals surface area (Å²) in [5.41, 5.74) is 0.0571. The third-order valence-electron chi connectivity index (χ3n) is 3.32. The Labute approximate surface area is 115 Å². The van der Waals surface area contributed by atoms with Crippen LogP contribution in [0.1, 0.15) is 12.8 Å².